The monoisotopic (exact) mass is 365 g/mol. The van der Waals surface area contributed by atoms with Gasteiger partial charge in [-0.2, -0.15) is 13.2 Å². The van der Waals surface area contributed by atoms with Crippen LogP contribution in [-0.4, -0.2) is 29.4 Å². The fourth-order valence-corrected chi connectivity index (χ4v) is 3.37. The maximum absolute atomic E-state index is 13.5. The summed E-state index contributed by atoms with van der Waals surface area (Å²) in [5, 5.41) is 5.13. The zero-order valence-corrected chi connectivity index (χ0v) is 13.0. The van der Waals surface area contributed by atoms with E-state index in [1.165, 1.54) is 24.3 Å². The minimum absolute atomic E-state index is 0.0156. The van der Waals surface area contributed by atoms with Crippen LogP contribution in [-0.2, 0) is 10.5 Å². The van der Waals surface area contributed by atoms with Crippen LogP contribution in [0.5, 0.6) is 0 Å². The summed E-state index contributed by atoms with van der Waals surface area (Å²) in [5.41, 5.74) is -1.80. The van der Waals surface area contributed by atoms with Crippen molar-refractivity contribution >= 4 is 23.2 Å². The van der Waals surface area contributed by atoms with Crippen LogP contribution in [0.25, 0.3) is 0 Å². The van der Waals surface area contributed by atoms with Crippen LogP contribution in [0, 0.1) is 5.82 Å². The number of nitrogens with zero attached hydrogens (tertiary/aromatic N) is 1. The number of benzene rings is 2. The molecule has 0 saturated carbocycles. The first-order chi connectivity index (χ1) is 12.2. The number of halogens is 4. The predicted molar refractivity (Wildman–Crippen MR) is 83.9 cm³/mol. The van der Waals surface area contributed by atoms with Crippen LogP contribution in [0.1, 0.15) is 15.9 Å². The molecule has 0 aliphatic carbocycles. The van der Waals surface area contributed by atoms with E-state index in [-0.39, 0.29) is 22.5 Å². The Bertz CT molecular complexity index is 944. The first-order valence-electron chi connectivity index (χ1n) is 7.60. The van der Waals surface area contributed by atoms with Crippen molar-refractivity contribution in [2.45, 2.75) is 11.8 Å². The Hall–Kier alpha value is -3.10. The first-order valence-corrected chi connectivity index (χ1v) is 7.60. The summed E-state index contributed by atoms with van der Waals surface area (Å²) in [6.45, 7) is -1.64. The number of hydrogen-bond acceptors (Lipinski definition) is 3. The Kier molecular flexibility index (Phi) is 3.27. The number of anilines is 2. The largest absolute Gasteiger partial charge is 0.406 e. The van der Waals surface area contributed by atoms with Crippen molar-refractivity contribution in [3.8, 4) is 0 Å². The number of para-hydroxylation sites is 1. The molecule has 1 atom stereocenters. The van der Waals surface area contributed by atoms with Crippen molar-refractivity contribution in [1.29, 1.82) is 0 Å². The van der Waals surface area contributed by atoms with Crippen molar-refractivity contribution in [1.82, 2.24) is 4.90 Å². The Morgan fingerprint density at radius 2 is 1.77 bits per heavy atom. The molecule has 134 valence electrons. The van der Waals surface area contributed by atoms with Crippen LogP contribution >= 0.6 is 0 Å². The zero-order valence-electron chi connectivity index (χ0n) is 13.0. The summed E-state index contributed by atoms with van der Waals surface area (Å²) in [4.78, 5) is 26.0. The summed E-state index contributed by atoms with van der Waals surface area (Å²) in [7, 11) is 0. The minimum atomic E-state index is -4.74. The maximum atomic E-state index is 13.5. The zero-order chi connectivity index (χ0) is 18.7. The molecule has 0 bridgehead atoms. The van der Waals surface area contributed by atoms with Gasteiger partial charge in [0, 0.05) is 11.3 Å². The van der Waals surface area contributed by atoms with Gasteiger partial charge >= 0.3 is 6.18 Å². The SMILES string of the molecule is O=C1c2ccccc2N[C@]2(C(=O)Nc3cc(F)ccc32)N1CC(F)(F)F. The van der Waals surface area contributed by atoms with E-state index in [9.17, 15) is 27.2 Å². The lowest BCUT2D eigenvalue weighted by Gasteiger charge is -2.44. The van der Waals surface area contributed by atoms with Gasteiger partial charge in [-0.25, -0.2) is 4.39 Å². The number of rotatable bonds is 1. The average Bonchev–Trinajstić information content (AvgIpc) is 2.82. The van der Waals surface area contributed by atoms with Crippen molar-refractivity contribution < 1.29 is 27.2 Å². The van der Waals surface area contributed by atoms with Crippen molar-refractivity contribution in [3.63, 3.8) is 0 Å². The summed E-state index contributed by atoms with van der Waals surface area (Å²) in [6.07, 6.45) is -4.74. The second kappa shape index (κ2) is 5.20. The normalized spacial score (nSPS) is 21.3. The van der Waals surface area contributed by atoms with E-state index in [0.29, 0.717) is 4.90 Å². The van der Waals surface area contributed by atoms with Crippen LogP contribution in [0.4, 0.5) is 28.9 Å². The molecule has 0 saturated heterocycles. The third-order valence-corrected chi connectivity index (χ3v) is 4.41. The third kappa shape index (κ3) is 2.23. The summed E-state index contributed by atoms with van der Waals surface area (Å²) in [5.74, 6) is -2.49. The molecule has 0 aromatic heterocycles. The first kappa shape index (κ1) is 16.4. The number of nitrogens with one attached hydrogen (secondary N) is 2. The predicted octanol–water partition coefficient (Wildman–Crippen LogP) is 3.06. The molecule has 2 aromatic rings. The molecule has 0 unspecified atom stereocenters. The van der Waals surface area contributed by atoms with Crippen molar-refractivity contribution in [2.24, 2.45) is 0 Å². The highest BCUT2D eigenvalue weighted by Gasteiger charge is 2.58. The van der Waals surface area contributed by atoms with E-state index >= 15 is 0 Å². The molecule has 26 heavy (non-hydrogen) atoms. The van der Waals surface area contributed by atoms with Crippen LogP contribution in [0.15, 0.2) is 42.5 Å². The van der Waals surface area contributed by atoms with Crippen molar-refractivity contribution in [3.05, 3.63) is 59.4 Å². The van der Waals surface area contributed by atoms with Gasteiger partial charge in [-0.1, -0.05) is 12.1 Å². The summed E-state index contributed by atoms with van der Waals surface area (Å²) in [6, 6.07) is 9.19. The molecule has 2 N–H and O–H groups in total. The minimum Gasteiger partial charge on any atom is -0.350 e. The molecular formula is C17H11F4N3O2. The van der Waals surface area contributed by atoms with Crippen molar-refractivity contribution in [2.75, 3.05) is 17.2 Å². The standard InChI is InChI=1S/C17H11F4N3O2/c18-9-5-6-11-13(7-9)22-15(26)17(11)23-12-4-2-1-3-10(12)14(25)24(17)8-16(19,20)21/h1-7,23H,8H2,(H,22,26)/t17-/m0/s1. The van der Waals surface area contributed by atoms with E-state index in [1.54, 1.807) is 6.07 Å². The molecular weight excluding hydrogens is 354 g/mol. The second-order valence-corrected chi connectivity index (χ2v) is 6.03. The quantitative estimate of drug-likeness (QED) is 0.764. The Labute approximate surface area is 144 Å². The lowest BCUT2D eigenvalue weighted by molar-refractivity contribution is -0.155. The van der Waals surface area contributed by atoms with E-state index in [1.807, 2.05) is 0 Å². The number of amides is 2. The van der Waals surface area contributed by atoms with Gasteiger partial charge in [-0.05, 0) is 30.3 Å². The number of carbonyl (C=O) groups is 2. The molecule has 2 aliphatic rings. The number of alkyl halides is 3. The van der Waals surface area contributed by atoms with Gasteiger partial charge in [-0.3, -0.25) is 14.5 Å². The van der Waals surface area contributed by atoms with Gasteiger partial charge in [0.2, 0.25) is 5.66 Å². The van der Waals surface area contributed by atoms with Crippen LogP contribution in [0.3, 0.4) is 0 Å². The topological polar surface area (TPSA) is 61.4 Å². The molecule has 2 aliphatic heterocycles. The van der Waals surface area contributed by atoms with E-state index in [0.717, 1.165) is 12.1 Å². The van der Waals surface area contributed by atoms with Gasteiger partial charge in [0.15, 0.2) is 0 Å². The van der Waals surface area contributed by atoms with Gasteiger partial charge in [0.25, 0.3) is 11.8 Å². The molecule has 4 rings (SSSR count). The molecule has 9 heteroatoms. The molecule has 2 amide bonds. The van der Waals surface area contributed by atoms with Gasteiger partial charge in [-0.15, -0.1) is 0 Å². The average molecular weight is 365 g/mol. The number of hydrogen-bond donors (Lipinski definition) is 2. The third-order valence-electron chi connectivity index (χ3n) is 4.41. The summed E-state index contributed by atoms with van der Waals surface area (Å²) < 4.78 is 53.0. The fraction of sp³-hybridized carbons (Fsp3) is 0.176. The lowest BCUT2D eigenvalue weighted by Crippen LogP contribution is -2.63. The van der Waals surface area contributed by atoms with Gasteiger partial charge < -0.3 is 10.6 Å². The van der Waals surface area contributed by atoms with Crippen LogP contribution in [0.2, 0.25) is 0 Å². The Balaban J connectivity index is 1.96. The smallest absolute Gasteiger partial charge is 0.350 e. The molecule has 2 heterocycles. The molecule has 1 spiro atoms. The Morgan fingerprint density at radius 3 is 2.50 bits per heavy atom. The molecule has 5 nitrogen and oxygen atoms in total. The fourth-order valence-electron chi connectivity index (χ4n) is 3.37. The molecule has 0 radical (unpaired) electrons. The second-order valence-electron chi connectivity index (χ2n) is 6.03. The lowest BCUT2D eigenvalue weighted by atomic mass is 9.93. The Morgan fingerprint density at radius 1 is 1.04 bits per heavy atom. The van der Waals surface area contributed by atoms with E-state index < -0.39 is 36.0 Å². The van der Waals surface area contributed by atoms with E-state index in [2.05, 4.69) is 10.6 Å². The number of carbonyl (C=O) groups excluding carboxylic acids is 2. The van der Waals surface area contributed by atoms with E-state index in [4.69, 9.17) is 0 Å². The van der Waals surface area contributed by atoms with Crippen LogP contribution < -0.4 is 10.6 Å². The molecule has 0 fully saturated rings. The van der Waals surface area contributed by atoms with Gasteiger partial charge in [0.05, 0.1) is 11.3 Å². The highest BCUT2D eigenvalue weighted by atomic mass is 19.4. The summed E-state index contributed by atoms with van der Waals surface area (Å²) >= 11 is 0. The number of fused-ring (bicyclic) bond motifs is 3. The highest BCUT2D eigenvalue weighted by Crippen LogP contribution is 2.46. The molecule has 2 aromatic carbocycles. The maximum Gasteiger partial charge on any atom is 0.406 e. The van der Waals surface area contributed by atoms with Gasteiger partial charge in [0.1, 0.15) is 12.4 Å². The highest BCUT2D eigenvalue weighted by molar-refractivity contribution is 6.14.